The van der Waals surface area contributed by atoms with Crippen LogP contribution in [0.5, 0.6) is 0 Å². The van der Waals surface area contributed by atoms with Crippen molar-refractivity contribution < 1.29 is 9.18 Å². The molecule has 0 unspecified atom stereocenters. The lowest BCUT2D eigenvalue weighted by molar-refractivity contribution is 0.0992. The van der Waals surface area contributed by atoms with Crippen LogP contribution in [0.3, 0.4) is 0 Å². The van der Waals surface area contributed by atoms with Gasteiger partial charge in [-0.15, -0.1) is 0 Å². The van der Waals surface area contributed by atoms with Crippen molar-refractivity contribution in [3.63, 3.8) is 0 Å². The number of ketones is 1. The van der Waals surface area contributed by atoms with E-state index < -0.39 is 5.82 Å². The summed E-state index contributed by atoms with van der Waals surface area (Å²) >= 11 is 11.6. The molecule has 0 saturated heterocycles. The van der Waals surface area contributed by atoms with Crippen molar-refractivity contribution in [3.05, 3.63) is 69.0 Å². The summed E-state index contributed by atoms with van der Waals surface area (Å²) in [5.74, 6) is -0.705. The van der Waals surface area contributed by atoms with E-state index in [-0.39, 0.29) is 17.2 Å². The van der Waals surface area contributed by atoms with Crippen molar-refractivity contribution in [1.82, 2.24) is 0 Å². The van der Waals surface area contributed by atoms with Crippen LogP contribution in [0.2, 0.25) is 10.0 Å². The highest BCUT2D eigenvalue weighted by Crippen LogP contribution is 2.21. The van der Waals surface area contributed by atoms with Gasteiger partial charge in [0.25, 0.3) is 0 Å². The maximum atomic E-state index is 13.7. The molecule has 0 bridgehead atoms. The summed E-state index contributed by atoms with van der Waals surface area (Å²) in [6, 6.07) is 9.64. The lowest BCUT2D eigenvalue weighted by Crippen LogP contribution is -2.05. The van der Waals surface area contributed by atoms with E-state index in [4.69, 9.17) is 23.2 Å². The molecule has 0 fully saturated rings. The van der Waals surface area contributed by atoms with Gasteiger partial charge in [0.05, 0.1) is 5.02 Å². The molecule has 2 aromatic rings. The summed E-state index contributed by atoms with van der Waals surface area (Å²) in [7, 11) is 0. The first-order valence-corrected chi connectivity index (χ1v) is 6.47. The molecule has 0 atom stereocenters. The Morgan fingerprint density at radius 2 is 1.89 bits per heavy atom. The number of carbonyl (C=O) groups excluding carboxylic acids is 1. The fraction of sp³-hybridized carbons (Fsp3) is 0.133. The van der Waals surface area contributed by atoms with Gasteiger partial charge in [-0.2, -0.15) is 0 Å². The lowest BCUT2D eigenvalue weighted by atomic mass is 10.0. The monoisotopic (exact) mass is 296 g/mol. The number of carbonyl (C=O) groups is 1. The maximum Gasteiger partial charge on any atom is 0.167 e. The van der Waals surface area contributed by atoms with Crippen molar-refractivity contribution >= 4 is 29.0 Å². The average Bonchev–Trinajstić information content (AvgIpc) is 2.38. The number of hydrogen-bond acceptors (Lipinski definition) is 1. The molecule has 2 rings (SSSR count). The minimum atomic E-state index is -0.539. The second-order valence-electron chi connectivity index (χ2n) is 4.28. The molecule has 98 valence electrons. The van der Waals surface area contributed by atoms with Crippen molar-refractivity contribution in [1.29, 1.82) is 0 Å². The lowest BCUT2D eigenvalue weighted by Gasteiger charge is -2.06. The normalized spacial score (nSPS) is 10.5. The van der Waals surface area contributed by atoms with E-state index in [0.717, 1.165) is 5.56 Å². The van der Waals surface area contributed by atoms with Crippen molar-refractivity contribution in [2.75, 3.05) is 0 Å². The van der Waals surface area contributed by atoms with Gasteiger partial charge in [-0.1, -0.05) is 35.3 Å². The third-order valence-electron chi connectivity index (χ3n) is 2.86. The Kier molecular flexibility index (Phi) is 4.23. The van der Waals surface area contributed by atoms with Crippen LogP contribution in [0.25, 0.3) is 0 Å². The van der Waals surface area contributed by atoms with Gasteiger partial charge < -0.3 is 0 Å². The van der Waals surface area contributed by atoms with Crippen LogP contribution in [0.4, 0.5) is 4.39 Å². The van der Waals surface area contributed by atoms with Gasteiger partial charge in [0.2, 0.25) is 0 Å². The molecule has 0 aliphatic rings. The zero-order chi connectivity index (χ0) is 14.0. The van der Waals surface area contributed by atoms with E-state index in [1.807, 2.05) is 6.92 Å². The fourth-order valence-corrected chi connectivity index (χ4v) is 2.09. The van der Waals surface area contributed by atoms with Crippen LogP contribution in [0.15, 0.2) is 36.4 Å². The molecule has 0 spiro atoms. The zero-order valence-corrected chi connectivity index (χ0v) is 11.7. The standard InChI is InChI=1S/C15H11Cl2FO/c1-9-7-10(5-6-12(9)16)14(19)8-11-3-2-4-13(17)15(11)18/h2-7H,8H2,1H3. The summed E-state index contributed by atoms with van der Waals surface area (Å²) in [6.45, 7) is 1.82. The predicted octanol–water partition coefficient (Wildman–Crippen LogP) is 4.87. The molecule has 2 aromatic carbocycles. The highest BCUT2D eigenvalue weighted by molar-refractivity contribution is 6.31. The number of benzene rings is 2. The fourth-order valence-electron chi connectivity index (χ4n) is 1.78. The molecule has 0 aromatic heterocycles. The highest BCUT2D eigenvalue weighted by Gasteiger charge is 2.13. The summed E-state index contributed by atoms with van der Waals surface area (Å²) in [5.41, 5.74) is 1.63. The Morgan fingerprint density at radius 3 is 2.58 bits per heavy atom. The second-order valence-corrected chi connectivity index (χ2v) is 5.09. The van der Waals surface area contributed by atoms with E-state index in [9.17, 15) is 9.18 Å². The topological polar surface area (TPSA) is 17.1 Å². The third-order valence-corrected chi connectivity index (χ3v) is 3.58. The van der Waals surface area contributed by atoms with Gasteiger partial charge in [0, 0.05) is 17.0 Å². The number of rotatable bonds is 3. The first-order valence-electron chi connectivity index (χ1n) is 5.71. The Morgan fingerprint density at radius 1 is 1.16 bits per heavy atom. The summed E-state index contributed by atoms with van der Waals surface area (Å²) in [6.07, 6.45) is -0.0204. The number of Topliss-reactive ketones (excluding diaryl/α,β-unsaturated/α-hetero) is 1. The quantitative estimate of drug-likeness (QED) is 0.739. The van der Waals surface area contributed by atoms with E-state index in [1.165, 1.54) is 6.07 Å². The Bertz CT molecular complexity index is 638. The minimum absolute atomic E-state index is 0.0204. The van der Waals surface area contributed by atoms with Crippen LogP contribution in [-0.2, 0) is 6.42 Å². The van der Waals surface area contributed by atoms with E-state index >= 15 is 0 Å². The zero-order valence-electron chi connectivity index (χ0n) is 10.2. The Balaban J connectivity index is 2.26. The van der Waals surface area contributed by atoms with E-state index in [2.05, 4.69) is 0 Å². The van der Waals surface area contributed by atoms with Gasteiger partial charge in [0.1, 0.15) is 5.82 Å². The number of halogens is 3. The molecule has 4 heteroatoms. The molecule has 0 aliphatic heterocycles. The predicted molar refractivity (Wildman–Crippen MR) is 75.6 cm³/mol. The molecule has 0 aliphatic carbocycles. The molecule has 0 saturated carbocycles. The van der Waals surface area contributed by atoms with Crippen molar-refractivity contribution in [2.24, 2.45) is 0 Å². The molecule has 1 nitrogen and oxygen atoms in total. The van der Waals surface area contributed by atoms with Crippen molar-refractivity contribution in [3.8, 4) is 0 Å². The van der Waals surface area contributed by atoms with Crippen LogP contribution in [0, 0.1) is 12.7 Å². The van der Waals surface area contributed by atoms with Gasteiger partial charge in [-0.05, 0) is 42.3 Å². The number of aryl methyl sites for hydroxylation is 1. The maximum absolute atomic E-state index is 13.7. The average molecular weight is 297 g/mol. The molecule has 0 radical (unpaired) electrons. The third kappa shape index (κ3) is 3.14. The van der Waals surface area contributed by atoms with Crippen LogP contribution >= 0.6 is 23.2 Å². The van der Waals surface area contributed by atoms with Gasteiger partial charge in [-0.3, -0.25) is 4.79 Å². The smallest absolute Gasteiger partial charge is 0.167 e. The molecule has 0 amide bonds. The van der Waals surface area contributed by atoms with Gasteiger partial charge in [0.15, 0.2) is 5.78 Å². The molecular formula is C15H11Cl2FO. The molecular weight excluding hydrogens is 286 g/mol. The minimum Gasteiger partial charge on any atom is -0.294 e. The highest BCUT2D eigenvalue weighted by atomic mass is 35.5. The first-order chi connectivity index (χ1) is 8.99. The SMILES string of the molecule is Cc1cc(C(=O)Cc2cccc(Cl)c2F)ccc1Cl. The van der Waals surface area contributed by atoms with Gasteiger partial charge in [-0.25, -0.2) is 4.39 Å². The van der Waals surface area contributed by atoms with Gasteiger partial charge >= 0.3 is 0 Å². The summed E-state index contributed by atoms with van der Waals surface area (Å²) in [5, 5.41) is 0.628. The Labute approximate surface area is 121 Å². The molecule has 19 heavy (non-hydrogen) atoms. The second kappa shape index (κ2) is 5.72. The van der Waals surface area contributed by atoms with Crippen LogP contribution < -0.4 is 0 Å². The van der Waals surface area contributed by atoms with E-state index in [0.29, 0.717) is 16.1 Å². The summed E-state index contributed by atoms with van der Waals surface area (Å²) in [4.78, 5) is 12.1. The Hall–Kier alpha value is -1.38. The molecule has 0 heterocycles. The number of hydrogen-bond donors (Lipinski definition) is 0. The van der Waals surface area contributed by atoms with Crippen molar-refractivity contribution in [2.45, 2.75) is 13.3 Å². The molecule has 0 N–H and O–H groups in total. The van der Waals surface area contributed by atoms with Crippen LogP contribution in [-0.4, -0.2) is 5.78 Å². The first kappa shape index (κ1) is 14.0. The van der Waals surface area contributed by atoms with Crippen LogP contribution in [0.1, 0.15) is 21.5 Å². The van der Waals surface area contributed by atoms with E-state index in [1.54, 1.807) is 30.3 Å². The summed E-state index contributed by atoms with van der Waals surface area (Å²) < 4.78 is 13.7. The largest absolute Gasteiger partial charge is 0.294 e.